The van der Waals surface area contributed by atoms with E-state index in [9.17, 15) is 9.90 Å². The first kappa shape index (κ1) is 16.2. The number of aliphatic hydroxyl groups is 1. The molecule has 1 amide bonds. The third kappa shape index (κ3) is 3.95. The molecule has 1 aromatic heterocycles. The highest BCUT2D eigenvalue weighted by Gasteiger charge is 2.26. The van der Waals surface area contributed by atoms with E-state index in [1.807, 2.05) is 31.7 Å². The van der Waals surface area contributed by atoms with Crippen molar-refractivity contribution in [3.05, 3.63) is 28.5 Å². The van der Waals surface area contributed by atoms with Gasteiger partial charge in [-0.2, -0.15) is 0 Å². The lowest BCUT2D eigenvalue weighted by Gasteiger charge is -2.32. The molecule has 21 heavy (non-hydrogen) atoms. The molecule has 1 N–H and O–H groups in total. The lowest BCUT2D eigenvalue weighted by Crippen LogP contribution is -2.41. The summed E-state index contributed by atoms with van der Waals surface area (Å²) in [4.78, 5) is 18.8. The fraction of sp³-hybridized carbons (Fsp3) is 0.625. The van der Waals surface area contributed by atoms with Crippen molar-refractivity contribution in [2.75, 3.05) is 19.7 Å². The Kier molecular flexibility index (Phi) is 4.89. The molecule has 1 aliphatic rings. The molecule has 1 atom stereocenters. The van der Waals surface area contributed by atoms with Crippen molar-refractivity contribution in [3.63, 3.8) is 0 Å². The van der Waals surface area contributed by atoms with Gasteiger partial charge in [0, 0.05) is 36.4 Å². The Balaban J connectivity index is 2.25. The number of hydrogen-bond donors (Lipinski definition) is 1. The Bertz CT molecular complexity index is 525. The Morgan fingerprint density at radius 3 is 2.81 bits per heavy atom. The van der Waals surface area contributed by atoms with E-state index in [4.69, 9.17) is 11.6 Å². The van der Waals surface area contributed by atoms with Crippen molar-refractivity contribution < 1.29 is 9.90 Å². The van der Waals surface area contributed by atoms with Gasteiger partial charge in [0.25, 0.3) is 5.91 Å². The molecule has 0 bridgehead atoms. The van der Waals surface area contributed by atoms with Crippen LogP contribution in [0.15, 0.2) is 12.1 Å². The number of aliphatic hydroxyl groups excluding tert-OH is 1. The van der Waals surface area contributed by atoms with Gasteiger partial charge in [0.05, 0.1) is 0 Å². The molecule has 2 rings (SSSR count). The molecule has 5 heteroatoms. The van der Waals surface area contributed by atoms with E-state index >= 15 is 0 Å². The highest BCUT2D eigenvalue weighted by Crippen LogP contribution is 2.25. The summed E-state index contributed by atoms with van der Waals surface area (Å²) < 4.78 is 0. The highest BCUT2D eigenvalue weighted by molar-refractivity contribution is 6.29. The summed E-state index contributed by atoms with van der Waals surface area (Å²) in [6.45, 7) is 7.61. The van der Waals surface area contributed by atoms with Crippen LogP contribution >= 0.6 is 11.6 Å². The van der Waals surface area contributed by atoms with Gasteiger partial charge in [-0.15, -0.1) is 0 Å². The van der Waals surface area contributed by atoms with Gasteiger partial charge >= 0.3 is 0 Å². The maximum absolute atomic E-state index is 12.7. The van der Waals surface area contributed by atoms with Gasteiger partial charge in [-0.1, -0.05) is 32.4 Å². The number of nitrogens with zero attached hydrogens (tertiary/aromatic N) is 2. The average Bonchev–Trinajstić information content (AvgIpc) is 2.45. The number of likely N-dealkylation sites (tertiary alicyclic amines) is 1. The summed E-state index contributed by atoms with van der Waals surface area (Å²) in [5.41, 5.74) is 1.24. The van der Waals surface area contributed by atoms with Crippen molar-refractivity contribution in [2.24, 2.45) is 5.92 Å². The fourth-order valence-electron chi connectivity index (χ4n) is 2.59. The first-order valence-corrected chi connectivity index (χ1v) is 7.77. The van der Waals surface area contributed by atoms with Gasteiger partial charge in [-0.05, 0) is 30.9 Å². The molecule has 1 unspecified atom stereocenters. The van der Waals surface area contributed by atoms with E-state index in [0.717, 1.165) is 25.1 Å². The Labute approximate surface area is 131 Å². The topological polar surface area (TPSA) is 53.4 Å². The van der Waals surface area contributed by atoms with E-state index in [-0.39, 0.29) is 23.8 Å². The molecule has 0 radical (unpaired) electrons. The Hall–Kier alpha value is -1.13. The Morgan fingerprint density at radius 1 is 1.48 bits per heavy atom. The smallest absolute Gasteiger partial charge is 0.254 e. The molecule has 1 aliphatic heterocycles. The molecule has 2 heterocycles. The van der Waals surface area contributed by atoms with Crippen LogP contribution in [0.3, 0.4) is 0 Å². The normalized spacial score (nSPS) is 19.7. The minimum atomic E-state index is -0.157. The minimum Gasteiger partial charge on any atom is -0.396 e. The SMILES string of the molecule is CC(C)(C)c1cc(C(=O)N2CCCC(CO)C2)cc(Cl)n1. The van der Waals surface area contributed by atoms with Gasteiger partial charge in [0.2, 0.25) is 0 Å². The molecule has 4 nitrogen and oxygen atoms in total. The third-order valence-electron chi connectivity index (χ3n) is 3.87. The van der Waals surface area contributed by atoms with E-state index in [0.29, 0.717) is 17.3 Å². The molecule has 0 spiro atoms. The number of carbonyl (C=O) groups is 1. The van der Waals surface area contributed by atoms with Gasteiger partial charge in [0.1, 0.15) is 5.15 Å². The lowest BCUT2D eigenvalue weighted by atomic mass is 9.90. The van der Waals surface area contributed by atoms with Crippen LogP contribution in [0.1, 0.15) is 49.7 Å². The molecule has 116 valence electrons. The van der Waals surface area contributed by atoms with Crippen LogP contribution in [0.4, 0.5) is 0 Å². The standard InChI is InChI=1S/C16H23ClN2O2/c1-16(2,3)13-7-12(8-14(17)18-13)15(21)19-6-4-5-11(9-19)10-20/h7-8,11,20H,4-6,9-10H2,1-3H3. The number of hydrogen-bond acceptors (Lipinski definition) is 3. The summed E-state index contributed by atoms with van der Waals surface area (Å²) in [5.74, 6) is 0.157. The number of amides is 1. The van der Waals surface area contributed by atoms with Gasteiger partial charge in [0.15, 0.2) is 0 Å². The molecule has 1 saturated heterocycles. The van der Waals surface area contributed by atoms with Crippen LogP contribution in [-0.2, 0) is 5.41 Å². The largest absolute Gasteiger partial charge is 0.396 e. The van der Waals surface area contributed by atoms with Crippen molar-refractivity contribution in [1.82, 2.24) is 9.88 Å². The van der Waals surface area contributed by atoms with Crippen LogP contribution in [0.2, 0.25) is 5.15 Å². The molecule has 0 saturated carbocycles. The van der Waals surface area contributed by atoms with Crippen LogP contribution in [-0.4, -0.2) is 40.6 Å². The number of rotatable bonds is 2. The zero-order chi connectivity index (χ0) is 15.6. The van der Waals surface area contributed by atoms with Gasteiger partial charge in [-0.3, -0.25) is 4.79 Å². The van der Waals surface area contributed by atoms with Crippen LogP contribution < -0.4 is 0 Å². The lowest BCUT2D eigenvalue weighted by molar-refractivity contribution is 0.0620. The second-order valence-corrected chi connectivity index (χ2v) is 7.14. The van der Waals surface area contributed by atoms with Crippen LogP contribution in [0.5, 0.6) is 0 Å². The van der Waals surface area contributed by atoms with E-state index in [1.54, 1.807) is 6.07 Å². The van der Waals surface area contributed by atoms with E-state index in [2.05, 4.69) is 4.98 Å². The molecule has 0 aromatic carbocycles. The van der Waals surface area contributed by atoms with Crippen molar-refractivity contribution in [3.8, 4) is 0 Å². The predicted octanol–water partition coefficient (Wildman–Crippen LogP) is 2.88. The summed E-state index contributed by atoms with van der Waals surface area (Å²) in [6.07, 6.45) is 1.91. The zero-order valence-electron chi connectivity index (χ0n) is 12.9. The Morgan fingerprint density at radius 2 is 2.19 bits per heavy atom. The maximum Gasteiger partial charge on any atom is 0.254 e. The second kappa shape index (κ2) is 6.32. The van der Waals surface area contributed by atoms with Gasteiger partial charge < -0.3 is 10.0 Å². The maximum atomic E-state index is 12.7. The highest BCUT2D eigenvalue weighted by atomic mass is 35.5. The predicted molar refractivity (Wildman–Crippen MR) is 83.7 cm³/mol. The number of carbonyl (C=O) groups excluding carboxylic acids is 1. The van der Waals surface area contributed by atoms with Crippen molar-refractivity contribution in [2.45, 2.75) is 39.0 Å². The molecule has 0 aliphatic carbocycles. The van der Waals surface area contributed by atoms with E-state index < -0.39 is 0 Å². The number of halogens is 1. The number of aromatic nitrogens is 1. The molecular formula is C16H23ClN2O2. The number of pyridine rings is 1. The molecule has 1 fully saturated rings. The van der Waals surface area contributed by atoms with Crippen LogP contribution in [0, 0.1) is 5.92 Å². The first-order valence-electron chi connectivity index (χ1n) is 7.39. The van der Waals surface area contributed by atoms with Gasteiger partial charge in [-0.25, -0.2) is 4.98 Å². The quantitative estimate of drug-likeness (QED) is 0.855. The summed E-state index contributed by atoms with van der Waals surface area (Å²) in [6, 6.07) is 3.46. The van der Waals surface area contributed by atoms with E-state index in [1.165, 1.54) is 0 Å². The third-order valence-corrected chi connectivity index (χ3v) is 4.07. The minimum absolute atomic E-state index is 0.0250. The average molecular weight is 311 g/mol. The fourth-order valence-corrected chi connectivity index (χ4v) is 2.79. The molecule has 1 aromatic rings. The summed E-state index contributed by atoms with van der Waals surface area (Å²) >= 11 is 6.07. The number of piperidine rings is 1. The summed E-state index contributed by atoms with van der Waals surface area (Å²) in [7, 11) is 0. The van der Waals surface area contributed by atoms with Crippen molar-refractivity contribution >= 4 is 17.5 Å². The zero-order valence-corrected chi connectivity index (χ0v) is 13.7. The first-order chi connectivity index (χ1) is 9.81. The molecular weight excluding hydrogens is 288 g/mol. The van der Waals surface area contributed by atoms with Crippen molar-refractivity contribution in [1.29, 1.82) is 0 Å². The monoisotopic (exact) mass is 310 g/mol. The van der Waals surface area contributed by atoms with Crippen LogP contribution in [0.25, 0.3) is 0 Å². The second-order valence-electron chi connectivity index (χ2n) is 6.76. The summed E-state index contributed by atoms with van der Waals surface area (Å²) in [5, 5.41) is 9.64.